The zero-order chi connectivity index (χ0) is 14.2. The molecule has 0 fully saturated rings. The van der Waals surface area contributed by atoms with Crippen LogP contribution >= 0.6 is 27.7 Å². The fourth-order valence-corrected chi connectivity index (χ4v) is 2.46. The lowest BCUT2D eigenvalue weighted by Crippen LogP contribution is -2.09. The molecular weight excluding hydrogens is 350 g/mol. The Hall–Kier alpha value is -0.960. The zero-order valence-corrected chi connectivity index (χ0v) is 11.7. The maximum Gasteiger partial charge on any atom is 0.441 e. The molecule has 0 aliphatic carbocycles. The highest BCUT2D eigenvalue weighted by atomic mass is 79.9. The van der Waals surface area contributed by atoms with Crippen molar-refractivity contribution in [2.45, 2.75) is 12.1 Å². The molecule has 9 heteroatoms. The number of nitrogens with zero attached hydrogens (tertiary/aromatic N) is 2. The third-order valence-electron chi connectivity index (χ3n) is 2.40. The summed E-state index contributed by atoms with van der Waals surface area (Å²) >= 11 is 2.86. The molecule has 2 N–H and O–H groups in total. The Morgan fingerprint density at radius 1 is 1.37 bits per heavy atom. The second-order valence-electron chi connectivity index (χ2n) is 3.67. The highest BCUT2D eigenvalue weighted by molar-refractivity contribution is 9.10. The molecule has 2 rings (SSSR count). The Kier molecular flexibility index (Phi) is 3.95. The van der Waals surface area contributed by atoms with Crippen molar-refractivity contribution in [1.29, 1.82) is 0 Å². The van der Waals surface area contributed by atoms with Crippen molar-refractivity contribution < 1.29 is 17.6 Å². The van der Waals surface area contributed by atoms with Crippen LogP contribution in [0.25, 0.3) is 11.0 Å². The maximum atomic E-state index is 13.4. The van der Waals surface area contributed by atoms with Gasteiger partial charge in [0, 0.05) is 18.4 Å². The number of thioether (sulfide) groups is 1. The molecule has 1 aromatic heterocycles. The van der Waals surface area contributed by atoms with E-state index in [9.17, 15) is 17.6 Å². The van der Waals surface area contributed by atoms with Crippen LogP contribution in [0.4, 0.5) is 23.5 Å². The molecule has 0 aliphatic heterocycles. The molecule has 19 heavy (non-hydrogen) atoms. The fourth-order valence-electron chi connectivity index (χ4n) is 1.63. The second kappa shape index (κ2) is 5.20. The molecule has 0 radical (unpaired) electrons. The van der Waals surface area contributed by atoms with E-state index in [1.165, 1.54) is 16.7 Å². The van der Waals surface area contributed by atoms with E-state index in [-0.39, 0.29) is 34.5 Å². The predicted octanol–water partition coefficient (Wildman–Crippen LogP) is 3.77. The molecule has 0 saturated heterocycles. The summed E-state index contributed by atoms with van der Waals surface area (Å²) in [5, 5.41) is 0. The first-order valence-electron chi connectivity index (χ1n) is 5.09. The Balaban J connectivity index is 2.27. The number of imidazole rings is 1. The van der Waals surface area contributed by atoms with E-state index in [0.29, 0.717) is 11.0 Å². The third kappa shape index (κ3) is 3.33. The van der Waals surface area contributed by atoms with Crippen LogP contribution < -0.4 is 5.73 Å². The maximum absolute atomic E-state index is 13.4. The van der Waals surface area contributed by atoms with Crippen molar-refractivity contribution in [3.8, 4) is 0 Å². The minimum Gasteiger partial charge on any atom is -0.369 e. The summed E-state index contributed by atoms with van der Waals surface area (Å²) in [5.74, 6) is -0.663. The largest absolute Gasteiger partial charge is 0.441 e. The molecular formula is C10H8BrF4N3S. The number of alkyl halides is 3. The van der Waals surface area contributed by atoms with Gasteiger partial charge in [-0.05, 0) is 33.8 Å². The Labute approximate surface area is 118 Å². The predicted molar refractivity (Wildman–Crippen MR) is 70.3 cm³/mol. The summed E-state index contributed by atoms with van der Waals surface area (Å²) in [4.78, 5) is 3.98. The fraction of sp³-hybridized carbons (Fsp3) is 0.300. The normalized spacial score (nSPS) is 12.3. The van der Waals surface area contributed by atoms with Gasteiger partial charge in [0.2, 0.25) is 5.95 Å². The topological polar surface area (TPSA) is 43.8 Å². The number of nitrogens with two attached hydrogens (primary N) is 1. The Morgan fingerprint density at radius 3 is 2.68 bits per heavy atom. The highest BCUT2D eigenvalue weighted by Crippen LogP contribution is 2.31. The van der Waals surface area contributed by atoms with Gasteiger partial charge >= 0.3 is 5.51 Å². The van der Waals surface area contributed by atoms with Crippen molar-refractivity contribution in [1.82, 2.24) is 9.55 Å². The van der Waals surface area contributed by atoms with Crippen LogP contribution in [0.3, 0.4) is 0 Å². The summed E-state index contributed by atoms with van der Waals surface area (Å²) in [6.07, 6.45) is 0. The molecule has 0 amide bonds. The van der Waals surface area contributed by atoms with Gasteiger partial charge in [0.05, 0.1) is 15.5 Å². The summed E-state index contributed by atoms with van der Waals surface area (Å²) in [5.41, 5.74) is 2.14. The Morgan fingerprint density at radius 2 is 2.05 bits per heavy atom. The SMILES string of the molecule is Nc1nc2cc(Br)c(F)cc2n1CCSC(F)(F)F. The van der Waals surface area contributed by atoms with E-state index in [0.717, 1.165) is 0 Å². The molecule has 0 unspecified atom stereocenters. The van der Waals surface area contributed by atoms with Crippen molar-refractivity contribution in [3.05, 3.63) is 22.4 Å². The first kappa shape index (κ1) is 14.4. The van der Waals surface area contributed by atoms with Crippen LogP contribution in [0.15, 0.2) is 16.6 Å². The molecule has 0 bridgehead atoms. The average molecular weight is 358 g/mol. The van der Waals surface area contributed by atoms with Gasteiger partial charge in [-0.1, -0.05) is 0 Å². The minimum absolute atomic E-state index is 0.00752. The van der Waals surface area contributed by atoms with Gasteiger partial charge in [-0.3, -0.25) is 0 Å². The standard InChI is InChI=1S/C10H8BrF4N3S/c11-5-3-7-8(4-6(5)12)18(9(16)17-7)1-2-19-10(13,14)15/h3-4H,1-2H2,(H2,16,17). The van der Waals surface area contributed by atoms with Crippen molar-refractivity contribution in [2.24, 2.45) is 0 Å². The van der Waals surface area contributed by atoms with Crippen LogP contribution in [0.2, 0.25) is 0 Å². The summed E-state index contributed by atoms with van der Waals surface area (Å²) in [6, 6.07) is 2.63. The lowest BCUT2D eigenvalue weighted by Gasteiger charge is -2.08. The van der Waals surface area contributed by atoms with E-state index in [2.05, 4.69) is 20.9 Å². The summed E-state index contributed by atoms with van der Waals surface area (Å²) in [7, 11) is 0. The Bertz CT molecular complexity index is 611. The van der Waals surface area contributed by atoms with E-state index < -0.39 is 11.3 Å². The highest BCUT2D eigenvalue weighted by Gasteiger charge is 2.27. The van der Waals surface area contributed by atoms with Crippen LogP contribution in [0.1, 0.15) is 0 Å². The molecule has 0 saturated carbocycles. The van der Waals surface area contributed by atoms with E-state index in [4.69, 9.17) is 5.73 Å². The van der Waals surface area contributed by atoms with Gasteiger partial charge in [-0.2, -0.15) is 13.2 Å². The average Bonchev–Trinajstić information content (AvgIpc) is 2.55. The van der Waals surface area contributed by atoms with Crippen LogP contribution in [-0.2, 0) is 6.54 Å². The quantitative estimate of drug-likeness (QED) is 0.850. The molecule has 1 heterocycles. The third-order valence-corrected chi connectivity index (χ3v) is 3.72. The molecule has 2 aromatic rings. The minimum atomic E-state index is -4.29. The number of aryl methyl sites for hydroxylation is 1. The zero-order valence-electron chi connectivity index (χ0n) is 9.34. The summed E-state index contributed by atoms with van der Waals surface area (Å²) in [6.45, 7) is 0.00752. The van der Waals surface area contributed by atoms with Gasteiger partial charge in [-0.25, -0.2) is 9.37 Å². The van der Waals surface area contributed by atoms with E-state index in [1.54, 1.807) is 0 Å². The number of benzene rings is 1. The van der Waals surface area contributed by atoms with Gasteiger partial charge in [0.1, 0.15) is 5.82 Å². The van der Waals surface area contributed by atoms with Gasteiger partial charge in [0.25, 0.3) is 0 Å². The van der Waals surface area contributed by atoms with Gasteiger partial charge < -0.3 is 10.3 Å². The lowest BCUT2D eigenvalue weighted by molar-refractivity contribution is -0.0328. The van der Waals surface area contributed by atoms with Gasteiger partial charge in [-0.15, -0.1) is 0 Å². The molecule has 0 atom stereocenters. The van der Waals surface area contributed by atoms with E-state index >= 15 is 0 Å². The number of rotatable bonds is 3. The lowest BCUT2D eigenvalue weighted by atomic mass is 10.3. The van der Waals surface area contributed by atoms with Crippen LogP contribution in [-0.4, -0.2) is 20.8 Å². The van der Waals surface area contributed by atoms with Gasteiger partial charge in [0.15, 0.2) is 0 Å². The first-order chi connectivity index (χ1) is 8.78. The number of hydrogen-bond acceptors (Lipinski definition) is 3. The molecule has 1 aromatic carbocycles. The van der Waals surface area contributed by atoms with Crippen molar-refractivity contribution in [2.75, 3.05) is 11.5 Å². The molecule has 104 valence electrons. The van der Waals surface area contributed by atoms with E-state index in [1.807, 2.05) is 0 Å². The number of hydrogen-bond donors (Lipinski definition) is 1. The molecule has 0 spiro atoms. The van der Waals surface area contributed by atoms with Crippen LogP contribution in [0, 0.1) is 5.82 Å². The molecule has 3 nitrogen and oxygen atoms in total. The number of halogens is 5. The number of aromatic nitrogens is 2. The number of nitrogen functional groups attached to an aromatic ring is 1. The number of anilines is 1. The van der Waals surface area contributed by atoms with Crippen molar-refractivity contribution in [3.63, 3.8) is 0 Å². The first-order valence-corrected chi connectivity index (χ1v) is 6.87. The number of fused-ring (bicyclic) bond motifs is 1. The summed E-state index contributed by atoms with van der Waals surface area (Å²) < 4.78 is 51.2. The second-order valence-corrected chi connectivity index (χ2v) is 5.69. The molecule has 0 aliphatic rings. The van der Waals surface area contributed by atoms with Crippen LogP contribution in [0.5, 0.6) is 0 Å². The smallest absolute Gasteiger partial charge is 0.369 e. The monoisotopic (exact) mass is 357 g/mol. The van der Waals surface area contributed by atoms with Crippen molar-refractivity contribution >= 4 is 44.7 Å².